The molecule has 1 aromatic carbocycles. The van der Waals surface area contributed by atoms with Crippen molar-refractivity contribution < 1.29 is 9.53 Å². The predicted molar refractivity (Wildman–Crippen MR) is 192 cm³/mol. The molecule has 48 heavy (non-hydrogen) atoms. The maximum Gasteiger partial charge on any atom is 0.349 e. The minimum Gasteiger partial charge on any atom is -0.465 e. The Labute approximate surface area is 287 Å². The second kappa shape index (κ2) is 16.7. The summed E-state index contributed by atoms with van der Waals surface area (Å²) in [5, 5.41) is 27.5. The van der Waals surface area contributed by atoms with Crippen LogP contribution in [0.1, 0.15) is 74.4 Å². The standard InChI is InChI=1S/C34H51N11O2S/c1-34(24-45(43-42-34)19-9-17-35-16-8-18-36-25-10-4-3-5-11-25)23-38-32-40-28-13-7-6-12-27(28)30(41-32)39-26-14-20-44(21-15-26)33-37-22-29(48-33)31(46)47-2/h6-7,12-13,22,25-26,35-36H,3-5,8-11,14-21,23-24H2,1-2H3,(H2,38,39,40,41). The quantitative estimate of drug-likeness (QED) is 0.119. The van der Waals surface area contributed by atoms with E-state index >= 15 is 0 Å². The highest BCUT2D eigenvalue weighted by atomic mass is 32.1. The number of carbonyl (C=O) groups excluding carboxylic acids is 1. The number of fused-ring (bicyclic) bond motifs is 1. The molecule has 2 aromatic heterocycles. The Morgan fingerprint density at radius 1 is 1.02 bits per heavy atom. The van der Waals surface area contributed by atoms with Gasteiger partial charge in [0.1, 0.15) is 16.2 Å². The van der Waals surface area contributed by atoms with Gasteiger partial charge in [-0.15, -0.1) is 0 Å². The smallest absolute Gasteiger partial charge is 0.349 e. The van der Waals surface area contributed by atoms with E-state index in [4.69, 9.17) is 14.7 Å². The van der Waals surface area contributed by atoms with Crippen LogP contribution in [-0.2, 0) is 4.74 Å². The lowest BCUT2D eigenvalue weighted by molar-refractivity contribution is 0.0606. The van der Waals surface area contributed by atoms with Gasteiger partial charge in [-0.3, -0.25) is 5.01 Å². The number of hydrogen-bond acceptors (Lipinski definition) is 14. The number of benzene rings is 1. The second-order valence-corrected chi connectivity index (χ2v) is 14.5. The number of thiazole rings is 1. The summed E-state index contributed by atoms with van der Waals surface area (Å²) >= 11 is 1.38. The van der Waals surface area contributed by atoms with Crippen molar-refractivity contribution in [2.75, 3.05) is 75.0 Å². The van der Waals surface area contributed by atoms with Crippen LogP contribution >= 0.6 is 11.3 Å². The topological polar surface area (TPSA) is 144 Å². The van der Waals surface area contributed by atoms with Gasteiger partial charge in [0.25, 0.3) is 0 Å². The van der Waals surface area contributed by atoms with Crippen LogP contribution in [0.15, 0.2) is 40.8 Å². The fourth-order valence-electron chi connectivity index (χ4n) is 6.73. The van der Waals surface area contributed by atoms with Crippen molar-refractivity contribution in [2.45, 2.75) is 82.3 Å². The van der Waals surface area contributed by atoms with Crippen molar-refractivity contribution in [3.05, 3.63) is 35.3 Å². The third kappa shape index (κ3) is 9.29. The Balaban J connectivity index is 0.935. The van der Waals surface area contributed by atoms with Crippen molar-refractivity contribution in [3.8, 4) is 0 Å². The molecule has 1 atom stereocenters. The average Bonchev–Trinajstić information content (AvgIpc) is 3.77. The van der Waals surface area contributed by atoms with E-state index in [2.05, 4.69) is 59.5 Å². The van der Waals surface area contributed by atoms with Crippen LogP contribution in [0.25, 0.3) is 10.9 Å². The lowest BCUT2D eigenvalue weighted by Gasteiger charge is -2.32. The van der Waals surface area contributed by atoms with Crippen molar-refractivity contribution in [3.63, 3.8) is 0 Å². The number of aromatic nitrogens is 3. The van der Waals surface area contributed by atoms with Crippen LogP contribution < -0.4 is 26.2 Å². The maximum atomic E-state index is 11.9. The first-order chi connectivity index (χ1) is 23.5. The minimum absolute atomic E-state index is 0.259. The van der Waals surface area contributed by atoms with E-state index in [0.717, 1.165) is 93.0 Å². The highest BCUT2D eigenvalue weighted by molar-refractivity contribution is 7.17. The molecule has 0 radical (unpaired) electrons. The van der Waals surface area contributed by atoms with Crippen molar-refractivity contribution in [1.82, 2.24) is 30.6 Å². The van der Waals surface area contributed by atoms with Crippen LogP contribution in [-0.4, -0.2) is 103 Å². The number of rotatable bonds is 16. The molecule has 260 valence electrons. The Bertz CT molecular complexity index is 1510. The summed E-state index contributed by atoms with van der Waals surface area (Å²) in [6, 6.07) is 9.12. The van der Waals surface area contributed by atoms with Gasteiger partial charge in [0.2, 0.25) is 5.95 Å². The van der Waals surface area contributed by atoms with E-state index in [9.17, 15) is 4.79 Å². The Kier molecular flexibility index (Phi) is 11.9. The summed E-state index contributed by atoms with van der Waals surface area (Å²) < 4.78 is 4.84. The third-order valence-electron chi connectivity index (χ3n) is 9.49. The van der Waals surface area contributed by atoms with Gasteiger partial charge in [-0.1, -0.05) is 48.0 Å². The number of methoxy groups -OCH3 is 1. The van der Waals surface area contributed by atoms with Gasteiger partial charge < -0.3 is 30.9 Å². The lowest BCUT2D eigenvalue weighted by Crippen LogP contribution is -2.39. The maximum absolute atomic E-state index is 11.9. The molecule has 3 aromatic rings. The highest BCUT2D eigenvalue weighted by Crippen LogP contribution is 2.29. The summed E-state index contributed by atoms with van der Waals surface area (Å²) in [7, 11) is 1.39. The zero-order chi connectivity index (χ0) is 33.2. The molecule has 1 saturated heterocycles. The number of piperidine rings is 1. The zero-order valence-corrected chi connectivity index (χ0v) is 29.2. The number of nitrogens with zero attached hydrogens (tertiary/aromatic N) is 7. The Morgan fingerprint density at radius 3 is 2.67 bits per heavy atom. The van der Waals surface area contributed by atoms with E-state index in [1.54, 1.807) is 6.20 Å². The molecule has 0 amide bonds. The summed E-state index contributed by atoms with van der Waals surface area (Å²) in [6.45, 7) is 9.21. The van der Waals surface area contributed by atoms with Gasteiger partial charge in [-0.25, -0.2) is 14.8 Å². The van der Waals surface area contributed by atoms with E-state index < -0.39 is 0 Å². The van der Waals surface area contributed by atoms with Crippen LogP contribution in [0.5, 0.6) is 0 Å². The number of esters is 1. The normalized spacial score (nSPS) is 20.5. The van der Waals surface area contributed by atoms with Gasteiger partial charge in [0, 0.05) is 43.6 Å². The van der Waals surface area contributed by atoms with Crippen LogP contribution in [0, 0.1) is 0 Å². The third-order valence-corrected chi connectivity index (χ3v) is 10.5. The summed E-state index contributed by atoms with van der Waals surface area (Å²) in [5.41, 5.74) is 0.544. The van der Waals surface area contributed by atoms with E-state index in [0.29, 0.717) is 17.4 Å². The van der Waals surface area contributed by atoms with Crippen LogP contribution in [0.2, 0.25) is 0 Å². The zero-order valence-electron chi connectivity index (χ0n) is 28.4. The van der Waals surface area contributed by atoms with Gasteiger partial charge in [0.05, 0.1) is 25.4 Å². The molecule has 1 aliphatic carbocycles. The van der Waals surface area contributed by atoms with E-state index in [1.165, 1.54) is 57.0 Å². The minimum atomic E-state index is -0.350. The first kappa shape index (κ1) is 34.3. The lowest BCUT2D eigenvalue weighted by atomic mass is 9.95. The summed E-state index contributed by atoms with van der Waals surface area (Å²) in [4.78, 5) is 28.8. The van der Waals surface area contributed by atoms with E-state index in [-0.39, 0.29) is 17.6 Å². The van der Waals surface area contributed by atoms with Gasteiger partial charge in [0.15, 0.2) is 5.13 Å². The number of para-hydroxylation sites is 1. The molecule has 4 N–H and O–H groups in total. The predicted octanol–water partition coefficient (Wildman–Crippen LogP) is 5.10. The first-order valence-corrected chi connectivity index (χ1v) is 18.5. The van der Waals surface area contributed by atoms with Crippen molar-refractivity contribution in [2.24, 2.45) is 10.3 Å². The second-order valence-electron chi connectivity index (χ2n) is 13.5. The average molecular weight is 678 g/mol. The molecule has 1 unspecified atom stereocenters. The largest absolute Gasteiger partial charge is 0.465 e. The number of ether oxygens (including phenoxy) is 1. The Hall–Kier alpha value is -3.62. The summed E-state index contributed by atoms with van der Waals surface area (Å²) in [5.74, 6) is 1.08. The van der Waals surface area contributed by atoms with E-state index in [1.807, 2.05) is 18.2 Å². The number of carbonyl (C=O) groups is 1. The fraction of sp³-hybridized carbons (Fsp3) is 0.647. The van der Waals surface area contributed by atoms with Gasteiger partial charge in [-0.2, -0.15) is 10.1 Å². The van der Waals surface area contributed by atoms with Gasteiger partial charge in [-0.05, 0) is 77.2 Å². The summed E-state index contributed by atoms with van der Waals surface area (Å²) in [6.07, 6.45) is 12.5. The number of anilines is 3. The SMILES string of the molecule is COC(=O)c1cnc(N2CCC(Nc3nc(NCC4(C)CN(CCCNCCCNC5CCCCC5)N=N4)nc4ccccc34)CC2)s1. The van der Waals surface area contributed by atoms with Crippen molar-refractivity contribution >= 4 is 45.1 Å². The van der Waals surface area contributed by atoms with Crippen LogP contribution in [0.3, 0.4) is 0 Å². The molecule has 2 fully saturated rings. The molecule has 0 bridgehead atoms. The molecule has 2 aliphatic heterocycles. The molecule has 13 nitrogen and oxygen atoms in total. The molecular weight excluding hydrogens is 627 g/mol. The van der Waals surface area contributed by atoms with Crippen molar-refractivity contribution in [1.29, 1.82) is 0 Å². The molecule has 4 heterocycles. The number of hydrogen-bond donors (Lipinski definition) is 4. The molecule has 14 heteroatoms. The fourth-order valence-corrected chi connectivity index (χ4v) is 7.62. The molecule has 3 aliphatic rings. The van der Waals surface area contributed by atoms with Gasteiger partial charge >= 0.3 is 5.97 Å². The molecule has 0 spiro atoms. The monoisotopic (exact) mass is 677 g/mol. The number of nitrogens with one attached hydrogen (secondary N) is 4. The van der Waals surface area contributed by atoms with Crippen LogP contribution in [0.4, 0.5) is 16.9 Å². The first-order valence-electron chi connectivity index (χ1n) is 17.7. The Morgan fingerprint density at radius 2 is 1.83 bits per heavy atom. The molecule has 6 rings (SSSR count). The highest BCUT2D eigenvalue weighted by Gasteiger charge is 2.32. The molecule has 1 saturated carbocycles. The molecular formula is C34H51N11O2S.